The number of pyridine rings is 1. The summed E-state index contributed by atoms with van der Waals surface area (Å²) < 4.78 is 43.3. The molecule has 1 aromatic carbocycles. The Labute approximate surface area is 275 Å². The molecule has 0 saturated heterocycles. The number of nitrogens with zero attached hydrogens (tertiary/aromatic N) is 4. The van der Waals surface area contributed by atoms with Crippen molar-refractivity contribution in [3.05, 3.63) is 101 Å². The summed E-state index contributed by atoms with van der Waals surface area (Å²) >= 11 is 1.38. The molecule has 4 aromatic rings. The van der Waals surface area contributed by atoms with Crippen LogP contribution in [-0.4, -0.2) is 65.4 Å². The summed E-state index contributed by atoms with van der Waals surface area (Å²) in [7, 11) is 3.10. The smallest absolute Gasteiger partial charge is 0.251 e. The van der Waals surface area contributed by atoms with E-state index in [0.717, 1.165) is 22.7 Å². The summed E-state index contributed by atoms with van der Waals surface area (Å²) in [5, 5.41) is 10.1. The van der Waals surface area contributed by atoms with Crippen LogP contribution in [0.15, 0.2) is 84.5 Å². The first kappa shape index (κ1) is 33.4. The van der Waals surface area contributed by atoms with Gasteiger partial charge in [0.05, 0.1) is 42.5 Å². The first-order chi connectivity index (χ1) is 22.8. The quantitative estimate of drug-likeness (QED) is 0.0806. The van der Waals surface area contributed by atoms with Gasteiger partial charge in [-0.05, 0) is 55.6 Å². The van der Waals surface area contributed by atoms with Crippen LogP contribution in [0, 0.1) is 0 Å². The second-order valence-electron chi connectivity index (χ2n) is 10.6. The zero-order valence-electron chi connectivity index (χ0n) is 26.5. The lowest BCUT2D eigenvalue weighted by Crippen LogP contribution is -2.40. The monoisotopic (exact) mass is 659 g/mol. The van der Waals surface area contributed by atoms with Crippen molar-refractivity contribution in [1.29, 1.82) is 0 Å². The van der Waals surface area contributed by atoms with Crippen LogP contribution in [0.25, 0.3) is 38.3 Å². The van der Waals surface area contributed by atoms with E-state index in [2.05, 4.69) is 11.9 Å². The molecule has 12 heteroatoms. The van der Waals surface area contributed by atoms with Crippen LogP contribution >= 0.6 is 11.3 Å². The Morgan fingerprint density at radius 1 is 1.17 bits per heavy atom. The van der Waals surface area contributed by atoms with Crippen molar-refractivity contribution in [2.24, 2.45) is 0 Å². The van der Waals surface area contributed by atoms with E-state index in [-0.39, 0.29) is 48.7 Å². The second kappa shape index (κ2) is 14.7. The fourth-order valence-corrected chi connectivity index (χ4v) is 6.60. The molecule has 1 aliphatic heterocycles. The van der Waals surface area contributed by atoms with Crippen LogP contribution in [0.3, 0.4) is 0 Å². The predicted molar refractivity (Wildman–Crippen MR) is 180 cm³/mol. The molecule has 0 fully saturated rings. The Morgan fingerprint density at radius 3 is 2.60 bits per heavy atom. The van der Waals surface area contributed by atoms with Crippen LogP contribution in [0.5, 0.6) is 0 Å². The number of hydrogen-bond donors (Lipinski definition) is 1. The number of halogens is 2. The van der Waals surface area contributed by atoms with E-state index in [1.807, 2.05) is 29.1 Å². The number of aromatic nitrogens is 3. The first-order valence-electron chi connectivity index (χ1n) is 15.0. The van der Waals surface area contributed by atoms with Crippen molar-refractivity contribution >= 4 is 38.8 Å². The third-order valence-corrected chi connectivity index (χ3v) is 8.90. The molecule has 2 amide bonds. The molecule has 0 radical (unpaired) electrons. The molecular weight excluding hydrogens is 624 g/mol. The minimum absolute atomic E-state index is 0.0106. The van der Waals surface area contributed by atoms with Crippen molar-refractivity contribution in [2.45, 2.75) is 26.4 Å². The Balaban J connectivity index is 1.81. The van der Waals surface area contributed by atoms with E-state index in [1.165, 1.54) is 24.5 Å². The maximum Gasteiger partial charge on any atom is 0.251 e. The molecule has 0 aliphatic carbocycles. The third-order valence-electron chi connectivity index (χ3n) is 7.97. The molecule has 3 aromatic heterocycles. The normalized spacial score (nSPS) is 15.5. The van der Waals surface area contributed by atoms with Crippen LogP contribution in [0.1, 0.15) is 41.5 Å². The minimum Gasteiger partial charge on any atom is -0.491 e. The molecular formula is C35H35F2N5O4S. The van der Waals surface area contributed by atoms with Gasteiger partial charge in [0.1, 0.15) is 29.6 Å². The maximum atomic E-state index is 16.1. The number of nitrogens with one attached hydrogen (secondary N) is 1. The fourth-order valence-electron chi connectivity index (χ4n) is 5.66. The SMILES string of the molecule is C=CC(=O)N1CCn2nc(-c3nc(-c4ccc(C(=O)NC)cc4)c4ccsc4c3C(/C(=C\C)OCCOC)=C(F)/C=C/F)cc2[C@H]1C. The number of carbonyl (C=O) groups excluding carboxylic acids is 2. The number of allylic oxidation sites excluding steroid dienone is 4. The van der Waals surface area contributed by atoms with Crippen LogP contribution < -0.4 is 5.32 Å². The summed E-state index contributed by atoms with van der Waals surface area (Å²) in [6.45, 7) is 8.50. The highest BCUT2D eigenvalue weighted by Crippen LogP contribution is 2.45. The van der Waals surface area contributed by atoms with Gasteiger partial charge in [-0.3, -0.25) is 14.3 Å². The van der Waals surface area contributed by atoms with Gasteiger partial charge in [-0.2, -0.15) is 5.10 Å². The molecule has 9 nitrogen and oxygen atoms in total. The van der Waals surface area contributed by atoms with Gasteiger partial charge >= 0.3 is 0 Å². The molecule has 0 bridgehead atoms. The lowest BCUT2D eigenvalue weighted by atomic mass is 9.95. The standard InChI is InChI=1S/C35H35F2N5O4S/c1-6-28(46-18-17-45-5)30(25(37)12-14-36)31-33(26-20-27-21(3)41(29(43)7-2)15-16-42(27)40-26)39-32(24-13-19-47-34(24)31)22-8-10-23(11-9-22)35(44)38-4/h6-14,19-21H,2,15-18H2,1,3-5H3,(H,38,44)/b14-12+,28-6+,30-25-/t21-/m1/s1. The molecule has 5 rings (SSSR count). The lowest BCUT2D eigenvalue weighted by Gasteiger charge is -2.33. The van der Waals surface area contributed by atoms with Crippen molar-refractivity contribution in [3.8, 4) is 22.6 Å². The fraction of sp³-hybridized carbons (Fsp3) is 0.257. The average Bonchev–Trinajstić information content (AvgIpc) is 3.76. The average molecular weight is 660 g/mol. The van der Waals surface area contributed by atoms with Gasteiger partial charge in [0.25, 0.3) is 5.91 Å². The summed E-state index contributed by atoms with van der Waals surface area (Å²) in [5.41, 5.74) is 3.75. The van der Waals surface area contributed by atoms with Gasteiger partial charge in [-0.15, -0.1) is 11.3 Å². The van der Waals surface area contributed by atoms with E-state index >= 15 is 4.39 Å². The zero-order chi connectivity index (χ0) is 33.7. The molecule has 0 saturated carbocycles. The number of rotatable bonds is 11. The zero-order valence-corrected chi connectivity index (χ0v) is 27.4. The third kappa shape index (κ3) is 6.51. The number of methoxy groups -OCH3 is 1. The van der Waals surface area contributed by atoms with E-state index < -0.39 is 5.83 Å². The number of thiophene rings is 1. The highest BCUT2D eigenvalue weighted by Gasteiger charge is 2.31. The largest absolute Gasteiger partial charge is 0.491 e. The molecule has 0 unspecified atom stereocenters. The predicted octanol–water partition coefficient (Wildman–Crippen LogP) is 7.01. The summed E-state index contributed by atoms with van der Waals surface area (Å²) in [6.07, 6.45) is 3.79. The van der Waals surface area contributed by atoms with Crippen LogP contribution in [0.2, 0.25) is 0 Å². The molecule has 1 atom stereocenters. The van der Waals surface area contributed by atoms with Gasteiger partial charge in [0, 0.05) is 53.6 Å². The number of hydrogen-bond acceptors (Lipinski definition) is 7. The Morgan fingerprint density at radius 2 is 1.94 bits per heavy atom. The maximum absolute atomic E-state index is 16.1. The van der Waals surface area contributed by atoms with E-state index in [4.69, 9.17) is 19.6 Å². The highest BCUT2D eigenvalue weighted by molar-refractivity contribution is 7.17. The number of carbonyl (C=O) groups is 2. The Kier molecular flexibility index (Phi) is 10.4. The first-order valence-corrected chi connectivity index (χ1v) is 15.9. The number of benzene rings is 1. The molecule has 0 spiro atoms. The minimum atomic E-state index is -0.862. The van der Waals surface area contributed by atoms with Gasteiger partial charge in [-0.25, -0.2) is 13.8 Å². The van der Waals surface area contributed by atoms with Crippen LogP contribution in [-0.2, 0) is 20.8 Å². The summed E-state index contributed by atoms with van der Waals surface area (Å²) in [4.78, 5) is 31.7. The number of ether oxygens (including phenoxy) is 2. The van der Waals surface area contributed by atoms with Gasteiger partial charge < -0.3 is 19.7 Å². The molecule has 47 heavy (non-hydrogen) atoms. The Bertz CT molecular complexity index is 1910. The van der Waals surface area contributed by atoms with Crippen molar-refractivity contribution in [1.82, 2.24) is 25.0 Å². The van der Waals surface area contributed by atoms with E-state index in [1.54, 1.807) is 49.2 Å². The summed E-state index contributed by atoms with van der Waals surface area (Å²) in [6, 6.07) is 10.5. The molecule has 244 valence electrons. The Hall–Kier alpha value is -4.94. The second-order valence-corrected chi connectivity index (χ2v) is 11.5. The van der Waals surface area contributed by atoms with Crippen molar-refractivity contribution in [3.63, 3.8) is 0 Å². The van der Waals surface area contributed by atoms with Gasteiger partial charge in [0.2, 0.25) is 5.91 Å². The van der Waals surface area contributed by atoms with Crippen LogP contribution in [0.4, 0.5) is 8.78 Å². The lowest BCUT2D eigenvalue weighted by molar-refractivity contribution is -0.129. The topological polar surface area (TPSA) is 98.6 Å². The van der Waals surface area contributed by atoms with Gasteiger partial charge in [-0.1, -0.05) is 18.7 Å². The molecule has 1 aliphatic rings. The van der Waals surface area contributed by atoms with Crippen molar-refractivity contribution in [2.75, 3.05) is 33.9 Å². The highest BCUT2D eigenvalue weighted by atomic mass is 32.1. The molecule has 4 heterocycles. The number of fused-ring (bicyclic) bond motifs is 2. The summed E-state index contributed by atoms with van der Waals surface area (Å²) in [5.74, 6) is -1.10. The van der Waals surface area contributed by atoms with E-state index in [0.29, 0.717) is 46.0 Å². The molecule has 1 N–H and O–H groups in total. The number of amides is 2. The van der Waals surface area contributed by atoms with Crippen molar-refractivity contribution < 1.29 is 27.8 Å². The van der Waals surface area contributed by atoms with E-state index in [9.17, 15) is 14.0 Å². The van der Waals surface area contributed by atoms with Gasteiger partial charge in [0.15, 0.2) is 0 Å².